The average molecular weight is 224 g/mol. The molecule has 1 atom stereocenters. The highest BCUT2D eigenvalue weighted by Gasteiger charge is 2.19. The van der Waals surface area contributed by atoms with Crippen molar-refractivity contribution < 1.29 is 13.9 Å². The molecule has 1 heterocycles. The second-order valence-corrected chi connectivity index (χ2v) is 3.43. The van der Waals surface area contributed by atoms with Crippen LogP contribution in [0, 0.1) is 11.6 Å². The van der Waals surface area contributed by atoms with Gasteiger partial charge >= 0.3 is 0 Å². The van der Waals surface area contributed by atoms with Crippen molar-refractivity contribution in [3.63, 3.8) is 0 Å². The maximum absolute atomic E-state index is 13.4. The Bertz CT molecular complexity index is 510. The van der Waals surface area contributed by atoms with Crippen molar-refractivity contribution in [1.82, 2.24) is 9.78 Å². The highest BCUT2D eigenvalue weighted by Crippen LogP contribution is 2.24. The maximum atomic E-state index is 13.4. The Labute approximate surface area is 91.0 Å². The minimum absolute atomic E-state index is 0.0939. The molecule has 1 unspecified atom stereocenters. The van der Waals surface area contributed by atoms with Gasteiger partial charge in [0, 0.05) is 18.8 Å². The van der Waals surface area contributed by atoms with E-state index in [2.05, 4.69) is 5.10 Å². The van der Waals surface area contributed by atoms with Crippen molar-refractivity contribution >= 4 is 0 Å². The number of halogens is 2. The van der Waals surface area contributed by atoms with Gasteiger partial charge in [0.2, 0.25) is 0 Å². The number of nitrogens with zero attached hydrogens (tertiary/aromatic N) is 2. The molecule has 84 valence electrons. The van der Waals surface area contributed by atoms with Gasteiger partial charge in [0.25, 0.3) is 0 Å². The van der Waals surface area contributed by atoms with Gasteiger partial charge in [0.1, 0.15) is 6.10 Å². The zero-order chi connectivity index (χ0) is 11.7. The second-order valence-electron chi connectivity index (χ2n) is 3.43. The number of aryl methyl sites for hydroxylation is 1. The van der Waals surface area contributed by atoms with Crippen molar-refractivity contribution in [3.05, 3.63) is 53.4 Å². The summed E-state index contributed by atoms with van der Waals surface area (Å²) in [6.45, 7) is 0. The Morgan fingerprint density at radius 1 is 1.31 bits per heavy atom. The lowest BCUT2D eigenvalue weighted by molar-refractivity contribution is 0.203. The van der Waals surface area contributed by atoms with Gasteiger partial charge in [-0.3, -0.25) is 4.68 Å². The van der Waals surface area contributed by atoms with Crippen LogP contribution in [0.25, 0.3) is 0 Å². The molecule has 16 heavy (non-hydrogen) atoms. The SMILES string of the molecule is Cn1nccc1C(O)c1cccc(F)c1F. The van der Waals surface area contributed by atoms with Crippen LogP contribution in [0.5, 0.6) is 0 Å². The lowest BCUT2D eigenvalue weighted by atomic mass is 10.1. The summed E-state index contributed by atoms with van der Waals surface area (Å²) in [5, 5.41) is 13.8. The van der Waals surface area contributed by atoms with E-state index in [1.807, 2.05) is 0 Å². The normalized spacial score (nSPS) is 12.8. The number of benzene rings is 1. The first-order valence-electron chi connectivity index (χ1n) is 4.71. The van der Waals surface area contributed by atoms with Crippen LogP contribution in [0.2, 0.25) is 0 Å². The summed E-state index contributed by atoms with van der Waals surface area (Å²) in [6, 6.07) is 5.26. The minimum atomic E-state index is -1.22. The molecule has 5 heteroatoms. The zero-order valence-electron chi connectivity index (χ0n) is 8.56. The van der Waals surface area contributed by atoms with Gasteiger partial charge in [-0.15, -0.1) is 0 Å². The van der Waals surface area contributed by atoms with E-state index < -0.39 is 17.7 Å². The van der Waals surface area contributed by atoms with Gasteiger partial charge in [-0.1, -0.05) is 12.1 Å². The molecule has 0 aliphatic carbocycles. The third-order valence-corrected chi connectivity index (χ3v) is 2.42. The van der Waals surface area contributed by atoms with Crippen LogP contribution in [0.1, 0.15) is 17.4 Å². The predicted molar refractivity (Wildman–Crippen MR) is 53.6 cm³/mol. The molecule has 1 aromatic carbocycles. The molecule has 1 N–H and O–H groups in total. The van der Waals surface area contributed by atoms with E-state index in [0.29, 0.717) is 5.69 Å². The summed E-state index contributed by atoms with van der Waals surface area (Å²) in [5.41, 5.74) is 0.313. The van der Waals surface area contributed by atoms with E-state index in [-0.39, 0.29) is 5.56 Å². The predicted octanol–water partition coefficient (Wildman–Crippen LogP) is 1.78. The third-order valence-electron chi connectivity index (χ3n) is 2.42. The van der Waals surface area contributed by atoms with Crippen LogP contribution in [-0.2, 0) is 7.05 Å². The van der Waals surface area contributed by atoms with Gasteiger partial charge in [-0.05, 0) is 12.1 Å². The van der Waals surface area contributed by atoms with Crippen molar-refractivity contribution in [2.75, 3.05) is 0 Å². The number of aromatic nitrogens is 2. The summed E-state index contributed by atoms with van der Waals surface area (Å²) in [7, 11) is 1.62. The quantitative estimate of drug-likeness (QED) is 0.844. The summed E-state index contributed by atoms with van der Waals surface area (Å²) >= 11 is 0. The maximum Gasteiger partial charge on any atom is 0.165 e. The van der Waals surface area contributed by atoms with E-state index in [4.69, 9.17) is 0 Å². The Morgan fingerprint density at radius 3 is 2.69 bits per heavy atom. The van der Waals surface area contributed by atoms with E-state index in [9.17, 15) is 13.9 Å². The molecule has 0 aliphatic heterocycles. The summed E-state index contributed by atoms with van der Waals surface area (Å²) in [4.78, 5) is 0. The fraction of sp³-hybridized carbons (Fsp3) is 0.182. The van der Waals surface area contributed by atoms with Gasteiger partial charge in [-0.25, -0.2) is 8.78 Å². The molecule has 0 aliphatic rings. The molecule has 2 aromatic rings. The number of aliphatic hydroxyl groups is 1. The van der Waals surface area contributed by atoms with Crippen LogP contribution < -0.4 is 0 Å². The molecule has 1 aromatic heterocycles. The topological polar surface area (TPSA) is 38.0 Å². The highest BCUT2D eigenvalue weighted by molar-refractivity contribution is 5.27. The first-order chi connectivity index (χ1) is 7.61. The van der Waals surface area contributed by atoms with E-state index in [0.717, 1.165) is 6.07 Å². The van der Waals surface area contributed by atoms with Crippen molar-refractivity contribution in [2.45, 2.75) is 6.10 Å². The highest BCUT2D eigenvalue weighted by atomic mass is 19.2. The fourth-order valence-electron chi connectivity index (χ4n) is 1.54. The molecular weight excluding hydrogens is 214 g/mol. The Kier molecular flexibility index (Phi) is 2.70. The molecule has 0 saturated carbocycles. The van der Waals surface area contributed by atoms with E-state index in [1.54, 1.807) is 13.1 Å². The molecule has 3 nitrogen and oxygen atoms in total. The van der Waals surface area contributed by atoms with Gasteiger partial charge in [0.05, 0.1) is 5.69 Å². The molecule has 0 bridgehead atoms. The van der Waals surface area contributed by atoms with Gasteiger partial charge in [0.15, 0.2) is 11.6 Å². The largest absolute Gasteiger partial charge is 0.382 e. The number of rotatable bonds is 2. The zero-order valence-corrected chi connectivity index (χ0v) is 8.56. The summed E-state index contributed by atoms with van der Waals surface area (Å²) < 4.78 is 27.8. The third kappa shape index (κ3) is 1.69. The summed E-state index contributed by atoms with van der Waals surface area (Å²) in [6.07, 6.45) is 0.263. The molecule has 2 rings (SSSR count). The molecule has 0 radical (unpaired) electrons. The molecular formula is C11H10F2N2O. The summed E-state index contributed by atoms with van der Waals surface area (Å²) in [5.74, 6) is -2.00. The Morgan fingerprint density at radius 2 is 2.06 bits per heavy atom. The molecule has 0 spiro atoms. The second kappa shape index (κ2) is 4.02. The standard InChI is InChI=1S/C11H10F2N2O/c1-15-9(5-6-14-15)11(16)7-3-2-4-8(12)10(7)13/h2-6,11,16H,1H3. The molecule has 0 amide bonds. The number of hydrogen-bond donors (Lipinski definition) is 1. The fourth-order valence-corrected chi connectivity index (χ4v) is 1.54. The smallest absolute Gasteiger partial charge is 0.165 e. The van der Waals surface area contributed by atoms with Gasteiger partial charge in [-0.2, -0.15) is 5.10 Å². The minimum Gasteiger partial charge on any atom is -0.382 e. The van der Waals surface area contributed by atoms with Crippen LogP contribution >= 0.6 is 0 Å². The van der Waals surface area contributed by atoms with Crippen LogP contribution in [0.3, 0.4) is 0 Å². The molecule has 0 fully saturated rings. The van der Waals surface area contributed by atoms with Crippen molar-refractivity contribution in [1.29, 1.82) is 0 Å². The Hall–Kier alpha value is -1.75. The first kappa shape index (κ1) is 10.8. The number of hydrogen-bond acceptors (Lipinski definition) is 2. The Balaban J connectivity index is 2.46. The van der Waals surface area contributed by atoms with Crippen LogP contribution in [0.4, 0.5) is 8.78 Å². The van der Waals surface area contributed by atoms with E-state index in [1.165, 1.54) is 23.0 Å². The average Bonchev–Trinajstić information content (AvgIpc) is 2.68. The van der Waals surface area contributed by atoms with Crippen molar-refractivity contribution in [3.8, 4) is 0 Å². The number of aliphatic hydroxyl groups excluding tert-OH is 1. The van der Waals surface area contributed by atoms with Crippen molar-refractivity contribution in [2.24, 2.45) is 7.05 Å². The lowest BCUT2D eigenvalue weighted by Crippen LogP contribution is -2.09. The first-order valence-corrected chi connectivity index (χ1v) is 4.71. The van der Waals surface area contributed by atoms with E-state index >= 15 is 0 Å². The van der Waals surface area contributed by atoms with Crippen LogP contribution in [0.15, 0.2) is 30.5 Å². The van der Waals surface area contributed by atoms with Gasteiger partial charge < -0.3 is 5.11 Å². The van der Waals surface area contributed by atoms with Crippen LogP contribution in [-0.4, -0.2) is 14.9 Å². The molecule has 0 saturated heterocycles. The monoisotopic (exact) mass is 224 g/mol. The lowest BCUT2D eigenvalue weighted by Gasteiger charge is -2.12.